The molecule has 7 heteroatoms. The van der Waals surface area contributed by atoms with Crippen molar-refractivity contribution in [2.45, 2.75) is 49.9 Å². The number of hydrogen-bond acceptors (Lipinski definition) is 7. The predicted octanol–water partition coefficient (Wildman–Crippen LogP) is 1.65. The van der Waals surface area contributed by atoms with Crippen LogP contribution in [0.3, 0.4) is 0 Å². The SMILES string of the molecule is C[C@]12C[C@H](c3ccoc3)OC(=O)[C@@]1(O)CC[C@@]13COC(=O)[C@H]1CC=C[C@]32O. The van der Waals surface area contributed by atoms with E-state index < -0.39 is 40.0 Å². The molecule has 1 aromatic rings. The fourth-order valence-corrected chi connectivity index (χ4v) is 5.97. The van der Waals surface area contributed by atoms with Crippen LogP contribution in [-0.2, 0) is 19.1 Å². The normalized spacial score (nSPS) is 48.3. The van der Waals surface area contributed by atoms with Crippen LogP contribution < -0.4 is 0 Å². The minimum absolute atomic E-state index is 0.0917. The maximum Gasteiger partial charge on any atom is 0.339 e. The van der Waals surface area contributed by atoms with E-state index in [-0.39, 0.29) is 25.4 Å². The maximum absolute atomic E-state index is 12.9. The molecule has 2 aliphatic heterocycles. The lowest BCUT2D eigenvalue weighted by Crippen LogP contribution is -2.76. The molecule has 2 aliphatic carbocycles. The molecule has 1 spiro atoms. The minimum Gasteiger partial charge on any atom is -0.472 e. The molecule has 0 radical (unpaired) electrons. The van der Waals surface area contributed by atoms with Crippen molar-refractivity contribution in [1.29, 1.82) is 0 Å². The smallest absolute Gasteiger partial charge is 0.339 e. The van der Waals surface area contributed by atoms with Gasteiger partial charge in [-0.05, 0) is 25.3 Å². The highest BCUT2D eigenvalue weighted by Crippen LogP contribution is 2.69. The second-order valence-corrected chi connectivity index (χ2v) is 8.57. The van der Waals surface area contributed by atoms with Gasteiger partial charge in [-0.2, -0.15) is 0 Å². The molecule has 0 bridgehead atoms. The van der Waals surface area contributed by atoms with Gasteiger partial charge in [-0.1, -0.05) is 19.1 Å². The standard InChI is InChI=1S/C20H22O7/c1-17-9-14(12-4-8-25-10-12)27-16(22)19(17,23)7-6-18-11-26-15(21)13(18)3-2-5-20(17,18)24/h2,4-5,8,10,13-14,23-24H,3,6-7,9,11H2,1H3/t13-,14-,17+,18-,19+,20-/m1/s1. The number of rotatable bonds is 1. The minimum atomic E-state index is -1.84. The van der Waals surface area contributed by atoms with Crippen molar-refractivity contribution >= 4 is 11.9 Å². The van der Waals surface area contributed by atoms with Crippen molar-refractivity contribution < 1.29 is 33.7 Å². The molecule has 0 unspecified atom stereocenters. The fourth-order valence-electron chi connectivity index (χ4n) is 5.97. The molecular formula is C20H22O7. The highest BCUT2D eigenvalue weighted by molar-refractivity contribution is 5.84. The van der Waals surface area contributed by atoms with Crippen molar-refractivity contribution in [3.63, 3.8) is 0 Å². The summed E-state index contributed by atoms with van der Waals surface area (Å²) in [7, 11) is 0. The molecule has 144 valence electrons. The first-order valence-electron chi connectivity index (χ1n) is 9.30. The molecule has 0 aromatic carbocycles. The van der Waals surface area contributed by atoms with E-state index in [1.165, 1.54) is 12.5 Å². The van der Waals surface area contributed by atoms with E-state index >= 15 is 0 Å². The highest BCUT2D eigenvalue weighted by Gasteiger charge is 2.78. The van der Waals surface area contributed by atoms with Gasteiger partial charge in [0.25, 0.3) is 0 Å². The summed E-state index contributed by atoms with van der Waals surface area (Å²) in [5, 5.41) is 23.4. The van der Waals surface area contributed by atoms with Gasteiger partial charge >= 0.3 is 11.9 Å². The number of carbonyl (C=O) groups excluding carboxylic acids is 2. The predicted molar refractivity (Wildman–Crippen MR) is 90.0 cm³/mol. The quantitative estimate of drug-likeness (QED) is 0.569. The molecule has 1 saturated carbocycles. The first kappa shape index (κ1) is 17.0. The first-order chi connectivity index (χ1) is 12.8. The van der Waals surface area contributed by atoms with Crippen LogP contribution in [0.25, 0.3) is 0 Å². The van der Waals surface area contributed by atoms with E-state index in [1.807, 2.05) is 0 Å². The zero-order valence-corrected chi connectivity index (χ0v) is 15.0. The second-order valence-electron chi connectivity index (χ2n) is 8.57. The third kappa shape index (κ3) is 1.75. The van der Waals surface area contributed by atoms with Crippen LogP contribution in [0.4, 0.5) is 0 Å². The summed E-state index contributed by atoms with van der Waals surface area (Å²) >= 11 is 0. The number of ether oxygens (including phenoxy) is 2. The van der Waals surface area contributed by atoms with Crippen LogP contribution in [0.15, 0.2) is 35.2 Å². The summed E-state index contributed by atoms with van der Waals surface area (Å²) in [6.45, 7) is 1.81. The van der Waals surface area contributed by atoms with Crippen molar-refractivity contribution in [2.75, 3.05) is 6.61 Å². The van der Waals surface area contributed by atoms with Gasteiger partial charge in [0.2, 0.25) is 0 Å². The van der Waals surface area contributed by atoms with Crippen molar-refractivity contribution in [2.24, 2.45) is 16.7 Å². The Morgan fingerprint density at radius 3 is 2.78 bits per heavy atom. The largest absolute Gasteiger partial charge is 0.472 e. The van der Waals surface area contributed by atoms with Crippen LogP contribution in [0.2, 0.25) is 0 Å². The summed E-state index contributed by atoms with van der Waals surface area (Å²) in [6.07, 6.45) is 6.89. The molecule has 7 nitrogen and oxygen atoms in total. The second kappa shape index (κ2) is 5.02. The van der Waals surface area contributed by atoms with Gasteiger partial charge < -0.3 is 24.1 Å². The summed E-state index contributed by atoms with van der Waals surface area (Å²) in [5.74, 6) is -1.54. The van der Waals surface area contributed by atoms with E-state index in [0.29, 0.717) is 18.4 Å². The average Bonchev–Trinajstić information content (AvgIpc) is 3.27. The topological polar surface area (TPSA) is 106 Å². The van der Waals surface area contributed by atoms with E-state index in [2.05, 4.69) is 0 Å². The number of fused-ring (bicyclic) bond motifs is 2. The third-order valence-corrected chi connectivity index (χ3v) is 7.70. The third-order valence-electron chi connectivity index (χ3n) is 7.70. The van der Waals surface area contributed by atoms with E-state index in [4.69, 9.17) is 13.9 Å². The number of hydrogen-bond donors (Lipinski definition) is 2. The number of esters is 2. The summed E-state index contributed by atoms with van der Waals surface area (Å²) in [5.41, 5.74) is -4.85. The van der Waals surface area contributed by atoms with E-state index in [0.717, 1.165) is 0 Å². The molecule has 0 amide bonds. The van der Waals surface area contributed by atoms with Gasteiger partial charge in [-0.25, -0.2) is 4.79 Å². The van der Waals surface area contributed by atoms with Crippen LogP contribution >= 0.6 is 0 Å². The average molecular weight is 374 g/mol. The van der Waals surface area contributed by atoms with Crippen LogP contribution in [-0.4, -0.2) is 40.0 Å². The van der Waals surface area contributed by atoms with E-state index in [1.54, 1.807) is 25.1 Å². The Balaban J connectivity index is 1.67. The molecule has 1 aromatic heterocycles. The van der Waals surface area contributed by atoms with Crippen molar-refractivity contribution in [3.8, 4) is 0 Å². The monoisotopic (exact) mass is 374 g/mol. The van der Waals surface area contributed by atoms with Gasteiger partial charge in [0.15, 0.2) is 5.60 Å². The van der Waals surface area contributed by atoms with Crippen LogP contribution in [0, 0.1) is 16.7 Å². The lowest BCUT2D eigenvalue weighted by Gasteiger charge is -2.65. The maximum atomic E-state index is 12.9. The Morgan fingerprint density at radius 2 is 2.04 bits per heavy atom. The fraction of sp³-hybridized carbons (Fsp3) is 0.600. The number of aliphatic hydroxyl groups is 2. The molecular weight excluding hydrogens is 352 g/mol. The lowest BCUT2D eigenvalue weighted by atomic mass is 9.41. The van der Waals surface area contributed by atoms with Gasteiger partial charge in [0, 0.05) is 17.4 Å². The molecule has 27 heavy (non-hydrogen) atoms. The van der Waals surface area contributed by atoms with Gasteiger partial charge in [0.1, 0.15) is 18.3 Å². The van der Waals surface area contributed by atoms with E-state index in [9.17, 15) is 19.8 Å². The highest BCUT2D eigenvalue weighted by atomic mass is 16.6. The number of carbonyl (C=O) groups is 2. The summed E-state index contributed by atoms with van der Waals surface area (Å²) in [6, 6.07) is 1.70. The van der Waals surface area contributed by atoms with Crippen LogP contribution in [0.5, 0.6) is 0 Å². The Kier molecular flexibility index (Phi) is 3.17. The summed E-state index contributed by atoms with van der Waals surface area (Å²) in [4.78, 5) is 25.2. The van der Waals surface area contributed by atoms with Gasteiger partial charge in [-0.3, -0.25) is 4.79 Å². The molecule has 3 heterocycles. The molecule has 5 rings (SSSR count). The molecule has 3 fully saturated rings. The Bertz CT molecular complexity index is 845. The zero-order valence-electron chi connectivity index (χ0n) is 15.0. The number of allylic oxidation sites excluding steroid dienone is 1. The molecule has 4 aliphatic rings. The Labute approximate surface area is 155 Å². The zero-order chi connectivity index (χ0) is 19.1. The molecule has 6 atom stereocenters. The summed E-state index contributed by atoms with van der Waals surface area (Å²) < 4.78 is 16.0. The first-order valence-corrected chi connectivity index (χ1v) is 9.30. The van der Waals surface area contributed by atoms with Crippen LogP contribution in [0.1, 0.15) is 44.3 Å². The van der Waals surface area contributed by atoms with Crippen molar-refractivity contribution in [1.82, 2.24) is 0 Å². The van der Waals surface area contributed by atoms with Crippen molar-refractivity contribution in [3.05, 3.63) is 36.3 Å². The molecule has 2 N–H and O–H groups in total. The number of furan rings is 1. The molecule has 2 saturated heterocycles. The van der Waals surface area contributed by atoms with Gasteiger partial charge in [-0.15, -0.1) is 0 Å². The lowest BCUT2D eigenvalue weighted by molar-refractivity contribution is -0.290. The Hall–Kier alpha value is -2.12. The van der Waals surface area contributed by atoms with Gasteiger partial charge in [0.05, 0.1) is 23.9 Å². The Morgan fingerprint density at radius 1 is 1.22 bits per heavy atom. The number of cyclic esters (lactones) is 2.